The van der Waals surface area contributed by atoms with E-state index in [1.54, 1.807) is 31.2 Å². The smallest absolute Gasteiger partial charge is 0.319 e. The van der Waals surface area contributed by atoms with Crippen molar-refractivity contribution in [1.29, 1.82) is 0 Å². The van der Waals surface area contributed by atoms with Gasteiger partial charge in [0.15, 0.2) is 0 Å². The van der Waals surface area contributed by atoms with Gasteiger partial charge in [-0.3, -0.25) is 4.79 Å². The fourth-order valence-electron chi connectivity index (χ4n) is 1.69. The highest BCUT2D eigenvalue weighted by atomic mass is 16.3. The average molecular weight is 287 g/mol. The molecule has 1 aromatic carbocycles. The van der Waals surface area contributed by atoms with Crippen molar-refractivity contribution < 1.29 is 14.0 Å². The van der Waals surface area contributed by atoms with E-state index in [0.29, 0.717) is 11.4 Å². The van der Waals surface area contributed by atoms with Crippen LogP contribution in [-0.2, 0) is 11.3 Å². The number of rotatable bonds is 5. The van der Waals surface area contributed by atoms with E-state index in [-0.39, 0.29) is 12.5 Å². The summed E-state index contributed by atoms with van der Waals surface area (Å²) >= 11 is 0. The number of hydrogen-bond donors (Lipinski definition) is 3. The average Bonchev–Trinajstić information content (AvgIpc) is 2.98. The van der Waals surface area contributed by atoms with Crippen LogP contribution in [-0.4, -0.2) is 18.0 Å². The van der Waals surface area contributed by atoms with Gasteiger partial charge in [-0.2, -0.15) is 0 Å². The minimum Gasteiger partial charge on any atom is -0.467 e. The van der Waals surface area contributed by atoms with E-state index in [1.807, 2.05) is 18.2 Å². The van der Waals surface area contributed by atoms with Crippen LogP contribution < -0.4 is 16.0 Å². The molecule has 1 heterocycles. The van der Waals surface area contributed by atoms with E-state index in [9.17, 15) is 9.59 Å². The summed E-state index contributed by atoms with van der Waals surface area (Å²) in [5, 5.41) is 7.89. The normalized spacial score (nSPS) is 11.5. The molecule has 6 heteroatoms. The number of hydrogen-bond acceptors (Lipinski definition) is 3. The minimum absolute atomic E-state index is 0.283. The molecular weight excluding hydrogens is 270 g/mol. The number of urea groups is 1. The Balaban J connectivity index is 1.76. The van der Waals surface area contributed by atoms with Gasteiger partial charge >= 0.3 is 6.03 Å². The van der Waals surface area contributed by atoms with Crippen molar-refractivity contribution in [3.63, 3.8) is 0 Å². The summed E-state index contributed by atoms with van der Waals surface area (Å²) in [6.07, 6.45) is 1.54. The van der Waals surface area contributed by atoms with E-state index in [1.165, 1.54) is 6.26 Å². The summed E-state index contributed by atoms with van der Waals surface area (Å²) in [5.41, 5.74) is 0.665. The molecule has 21 heavy (non-hydrogen) atoms. The van der Waals surface area contributed by atoms with Crippen molar-refractivity contribution in [1.82, 2.24) is 10.6 Å². The minimum atomic E-state index is -0.649. The van der Waals surface area contributed by atoms with Crippen molar-refractivity contribution in [3.8, 4) is 0 Å². The van der Waals surface area contributed by atoms with Crippen LogP contribution in [0.3, 0.4) is 0 Å². The first-order valence-electron chi connectivity index (χ1n) is 6.58. The number of benzene rings is 1. The number of para-hydroxylation sites is 1. The highest BCUT2D eigenvalue weighted by Gasteiger charge is 2.15. The summed E-state index contributed by atoms with van der Waals surface area (Å²) < 4.78 is 5.11. The molecule has 1 aromatic heterocycles. The number of carbonyl (C=O) groups excluding carboxylic acids is 2. The lowest BCUT2D eigenvalue weighted by molar-refractivity contribution is -0.122. The molecule has 2 rings (SSSR count). The number of anilines is 1. The zero-order chi connectivity index (χ0) is 15.1. The van der Waals surface area contributed by atoms with Crippen LogP contribution in [0.25, 0.3) is 0 Å². The van der Waals surface area contributed by atoms with E-state index < -0.39 is 12.1 Å². The van der Waals surface area contributed by atoms with Crippen molar-refractivity contribution in [3.05, 3.63) is 54.5 Å². The Morgan fingerprint density at radius 2 is 1.90 bits per heavy atom. The summed E-state index contributed by atoms with van der Waals surface area (Å²) in [7, 11) is 0. The van der Waals surface area contributed by atoms with Gasteiger partial charge in [0.05, 0.1) is 12.8 Å². The molecular formula is C15H17N3O3. The Labute approximate surface area is 122 Å². The van der Waals surface area contributed by atoms with E-state index >= 15 is 0 Å². The Kier molecular flexibility index (Phi) is 4.98. The number of nitrogens with one attached hydrogen (secondary N) is 3. The fraction of sp³-hybridized carbons (Fsp3) is 0.200. The first-order valence-corrected chi connectivity index (χ1v) is 6.58. The van der Waals surface area contributed by atoms with Gasteiger partial charge in [0, 0.05) is 5.69 Å². The molecule has 0 spiro atoms. The Bertz CT molecular complexity index is 581. The molecule has 0 saturated carbocycles. The predicted octanol–water partition coefficient (Wildman–Crippen LogP) is 2.11. The van der Waals surface area contributed by atoms with Crippen molar-refractivity contribution in [2.45, 2.75) is 19.5 Å². The van der Waals surface area contributed by atoms with Gasteiger partial charge in [-0.25, -0.2) is 4.79 Å². The zero-order valence-electron chi connectivity index (χ0n) is 11.6. The Morgan fingerprint density at radius 3 is 2.57 bits per heavy atom. The maximum Gasteiger partial charge on any atom is 0.319 e. The monoisotopic (exact) mass is 287 g/mol. The molecule has 3 amide bonds. The molecule has 0 unspecified atom stereocenters. The van der Waals surface area contributed by atoms with Crippen molar-refractivity contribution in [2.24, 2.45) is 0 Å². The van der Waals surface area contributed by atoms with Crippen molar-refractivity contribution in [2.75, 3.05) is 5.32 Å². The molecule has 3 N–H and O–H groups in total. The molecule has 110 valence electrons. The standard InChI is InChI=1S/C15H17N3O3/c1-11(14(19)16-10-13-8-5-9-21-13)17-15(20)18-12-6-3-2-4-7-12/h2-9,11H,10H2,1H3,(H,16,19)(H2,17,18,20)/t11-/m1/s1. The van der Waals surface area contributed by atoms with Gasteiger partial charge in [-0.1, -0.05) is 18.2 Å². The third kappa shape index (κ3) is 4.68. The van der Waals surface area contributed by atoms with Crippen LogP contribution in [0.4, 0.5) is 10.5 Å². The second kappa shape index (κ2) is 7.14. The first-order chi connectivity index (χ1) is 10.1. The van der Waals surface area contributed by atoms with E-state index in [4.69, 9.17) is 4.42 Å². The second-order valence-corrected chi connectivity index (χ2v) is 4.48. The molecule has 0 aliphatic carbocycles. The third-order valence-electron chi connectivity index (χ3n) is 2.79. The summed E-state index contributed by atoms with van der Waals surface area (Å²) in [6.45, 7) is 1.90. The summed E-state index contributed by atoms with van der Waals surface area (Å²) in [5.74, 6) is 0.374. The summed E-state index contributed by atoms with van der Waals surface area (Å²) in [6, 6.07) is 11.4. The number of furan rings is 1. The molecule has 0 radical (unpaired) electrons. The van der Waals surface area contributed by atoms with Crippen LogP contribution in [0.15, 0.2) is 53.1 Å². The molecule has 1 atom stereocenters. The maximum absolute atomic E-state index is 11.8. The number of amides is 3. The Morgan fingerprint density at radius 1 is 1.14 bits per heavy atom. The quantitative estimate of drug-likeness (QED) is 0.787. The van der Waals surface area contributed by atoms with E-state index in [0.717, 1.165) is 0 Å². The summed E-state index contributed by atoms with van der Waals surface area (Å²) in [4.78, 5) is 23.6. The molecule has 0 fully saturated rings. The molecule has 0 bridgehead atoms. The predicted molar refractivity (Wildman–Crippen MR) is 78.6 cm³/mol. The fourth-order valence-corrected chi connectivity index (χ4v) is 1.69. The van der Waals surface area contributed by atoms with Crippen LogP contribution in [0.1, 0.15) is 12.7 Å². The lowest BCUT2D eigenvalue weighted by Crippen LogP contribution is -2.46. The van der Waals surface area contributed by atoms with Gasteiger partial charge in [-0.15, -0.1) is 0 Å². The molecule has 0 aliphatic rings. The third-order valence-corrected chi connectivity index (χ3v) is 2.79. The van der Waals surface area contributed by atoms with E-state index in [2.05, 4.69) is 16.0 Å². The topological polar surface area (TPSA) is 83.4 Å². The Hall–Kier alpha value is -2.76. The van der Waals surface area contributed by atoms with Gasteiger partial charge in [0.2, 0.25) is 5.91 Å². The van der Waals surface area contributed by atoms with Gasteiger partial charge < -0.3 is 20.4 Å². The van der Waals surface area contributed by atoms with Crippen molar-refractivity contribution >= 4 is 17.6 Å². The lowest BCUT2D eigenvalue weighted by atomic mass is 10.3. The molecule has 6 nitrogen and oxygen atoms in total. The van der Waals surface area contributed by atoms with Crippen LogP contribution in [0, 0.1) is 0 Å². The maximum atomic E-state index is 11.8. The zero-order valence-corrected chi connectivity index (χ0v) is 11.6. The highest BCUT2D eigenvalue weighted by molar-refractivity contribution is 5.93. The molecule has 2 aromatic rings. The van der Waals surface area contributed by atoms with Gasteiger partial charge in [0.25, 0.3) is 0 Å². The van der Waals surface area contributed by atoms with Gasteiger partial charge in [0.1, 0.15) is 11.8 Å². The molecule has 0 aliphatic heterocycles. The second-order valence-electron chi connectivity index (χ2n) is 4.48. The lowest BCUT2D eigenvalue weighted by Gasteiger charge is -2.14. The molecule has 0 saturated heterocycles. The van der Waals surface area contributed by atoms with Gasteiger partial charge in [-0.05, 0) is 31.2 Å². The van der Waals surface area contributed by atoms with Crippen LogP contribution in [0.2, 0.25) is 0 Å². The SMILES string of the molecule is C[C@@H](NC(=O)Nc1ccccc1)C(=O)NCc1ccco1. The number of carbonyl (C=O) groups is 2. The van der Waals surface area contributed by atoms with Crippen LogP contribution >= 0.6 is 0 Å². The highest BCUT2D eigenvalue weighted by Crippen LogP contribution is 2.04. The first kappa shape index (κ1) is 14.6. The van der Waals surface area contributed by atoms with Crippen LogP contribution in [0.5, 0.6) is 0 Å². The largest absolute Gasteiger partial charge is 0.467 e.